The van der Waals surface area contributed by atoms with Gasteiger partial charge in [-0.3, -0.25) is 10.6 Å². The Hall–Kier alpha value is -4.20. The first-order valence-corrected chi connectivity index (χ1v) is 11.2. The molecule has 184 valence electrons. The maximum Gasteiger partial charge on any atom is 0.409 e. The first-order chi connectivity index (χ1) is 16.9. The number of rotatable bonds is 10. The monoisotopic (exact) mass is 478 g/mol. The van der Waals surface area contributed by atoms with E-state index in [4.69, 9.17) is 18.9 Å². The normalized spacial score (nSPS) is 10.5. The minimum absolute atomic E-state index is 0.0530. The van der Waals surface area contributed by atoms with Crippen molar-refractivity contribution in [1.82, 2.24) is 10.6 Å². The van der Waals surface area contributed by atoms with Crippen molar-refractivity contribution < 1.29 is 28.5 Å². The van der Waals surface area contributed by atoms with Gasteiger partial charge in [0.25, 0.3) is 0 Å². The Morgan fingerprint density at radius 1 is 0.743 bits per heavy atom. The molecular formula is C27H30N2O6. The number of ether oxygens (including phenoxy) is 4. The fourth-order valence-electron chi connectivity index (χ4n) is 3.18. The average molecular weight is 479 g/mol. The van der Waals surface area contributed by atoms with Crippen molar-refractivity contribution in [2.24, 2.45) is 0 Å². The van der Waals surface area contributed by atoms with Gasteiger partial charge in [0.2, 0.25) is 0 Å². The summed E-state index contributed by atoms with van der Waals surface area (Å²) in [4.78, 5) is 25.1. The third-order valence-electron chi connectivity index (χ3n) is 4.83. The molecule has 3 rings (SSSR count). The van der Waals surface area contributed by atoms with Gasteiger partial charge in [-0.15, -0.1) is 0 Å². The van der Waals surface area contributed by atoms with Crippen molar-refractivity contribution in [2.75, 3.05) is 7.11 Å². The van der Waals surface area contributed by atoms with E-state index in [-0.39, 0.29) is 19.3 Å². The number of alkyl carbamates (subject to hydrolysis) is 2. The summed E-state index contributed by atoms with van der Waals surface area (Å²) in [5, 5.41) is 5.35. The molecule has 0 aliphatic carbocycles. The molecule has 0 unspecified atom stereocenters. The number of hydrogen-bond donors (Lipinski definition) is 2. The Morgan fingerprint density at radius 2 is 1.26 bits per heavy atom. The molecule has 0 heterocycles. The van der Waals surface area contributed by atoms with Crippen LogP contribution < -0.4 is 20.1 Å². The maximum absolute atomic E-state index is 12.5. The van der Waals surface area contributed by atoms with Gasteiger partial charge in [0.15, 0.2) is 11.5 Å². The molecule has 2 amide bonds. The minimum atomic E-state index is -0.941. The van der Waals surface area contributed by atoms with E-state index >= 15 is 0 Å². The highest BCUT2D eigenvalue weighted by molar-refractivity contribution is 5.71. The quantitative estimate of drug-likeness (QED) is 0.382. The van der Waals surface area contributed by atoms with Crippen molar-refractivity contribution >= 4 is 12.2 Å². The molecule has 0 atom stereocenters. The highest BCUT2D eigenvalue weighted by Crippen LogP contribution is 2.30. The van der Waals surface area contributed by atoms with Crippen LogP contribution in [0.5, 0.6) is 11.5 Å². The standard InChI is InChI=1S/C27H30N2O6/c1-19(2)35-23-15-14-22(16-24(23)32-3)25(28-26(30)33-17-20-10-6-4-7-11-20)29-27(31)34-18-21-12-8-5-9-13-21/h4-16,19,25H,17-18H2,1-3H3,(H,28,30)(H,29,31). The average Bonchev–Trinajstić information content (AvgIpc) is 2.87. The number of carbonyl (C=O) groups is 2. The molecule has 3 aromatic carbocycles. The van der Waals surface area contributed by atoms with Crippen molar-refractivity contribution in [3.05, 3.63) is 95.6 Å². The Bertz CT molecular complexity index is 1030. The Morgan fingerprint density at radius 3 is 1.71 bits per heavy atom. The Balaban J connectivity index is 1.72. The molecule has 0 aliphatic heterocycles. The van der Waals surface area contributed by atoms with Gasteiger partial charge < -0.3 is 18.9 Å². The fraction of sp³-hybridized carbons (Fsp3) is 0.259. The predicted molar refractivity (Wildman–Crippen MR) is 131 cm³/mol. The molecule has 0 saturated heterocycles. The first kappa shape index (κ1) is 25.4. The highest BCUT2D eigenvalue weighted by Gasteiger charge is 2.21. The van der Waals surface area contributed by atoms with Crippen molar-refractivity contribution in [3.8, 4) is 11.5 Å². The van der Waals surface area contributed by atoms with E-state index in [1.807, 2.05) is 74.5 Å². The molecule has 0 spiro atoms. The smallest absolute Gasteiger partial charge is 0.409 e. The fourth-order valence-corrected chi connectivity index (χ4v) is 3.18. The molecule has 35 heavy (non-hydrogen) atoms. The largest absolute Gasteiger partial charge is 0.493 e. The van der Waals surface area contributed by atoms with Crippen molar-refractivity contribution in [1.29, 1.82) is 0 Å². The van der Waals surface area contributed by atoms with Crippen LogP contribution in [0.2, 0.25) is 0 Å². The number of carbonyl (C=O) groups excluding carboxylic acids is 2. The van der Waals surface area contributed by atoms with Crippen LogP contribution in [0.1, 0.15) is 36.7 Å². The van der Waals surface area contributed by atoms with E-state index in [1.54, 1.807) is 18.2 Å². The molecule has 8 nitrogen and oxygen atoms in total. The van der Waals surface area contributed by atoms with Crippen molar-refractivity contribution in [3.63, 3.8) is 0 Å². The summed E-state index contributed by atoms with van der Waals surface area (Å²) in [5.74, 6) is 1.00. The molecule has 0 fully saturated rings. The number of amides is 2. The Labute approximate surface area is 205 Å². The van der Waals surface area contributed by atoms with Gasteiger partial charge in [-0.25, -0.2) is 9.59 Å². The number of hydrogen-bond acceptors (Lipinski definition) is 6. The molecule has 0 bridgehead atoms. The van der Waals surface area contributed by atoms with Crippen LogP contribution in [-0.2, 0) is 22.7 Å². The number of methoxy groups -OCH3 is 1. The number of nitrogens with one attached hydrogen (secondary N) is 2. The van der Waals surface area contributed by atoms with Gasteiger partial charge >= 0.3 is 12.2 Å². The van der Waals surface area contributed by atoms with E-state index < -0.39 is 18.4 Å². The predicted octanol–water partition coefficient (Wildman–Crippen LogP) is 5.33. The van der Waals surface area contributed by atoms with Gasteiger partial charge in [0.05, 0.1) is 13.2 Å². The summed E-state index contributed by atoms with van der Waals surface area (Å²) in [6, 6.07) is 23.7. The van der Waals surface area contributed by atoms with Crippen LogP contribution in [0, 0.1) is 0 Å². The zero-order valence-corrected chi connectivity index (χ0v) is 20.0. The summed E-state index contributed by atoms with van der Waals surface area (Å²) < 4.78 is 21.9. The molecule has 0 radical (unpaired) electrons. The lowest BCUT2D eigenvalue weighted by molar-refractivity contribution is 0.122. The van der Waals surface area contributed by atoms with E-state index in [1.165, 1.54) is 7.11 Å². The van der Waals surface area contributed by atoms with E-state index in [9.17, 15) is 9.59 Å². The number of benzene rings is 3. The molecule has 0 aliphatic rings. The van der Waals surface area contributed by atoms with Crippen LogP contribution in [-0.4, -0.2) is 25.4 Å². The second-order valence-corrected chi connectivity index (χ2v) is 7.92. The molecule has 8 heteroatoms. The zero-order valence-electron chi connectivity index (χ0n) is 20.0. The molecule has 0 aromatic heterocycles. The SMILES string of the molecule is COc1cc(C(NC(=O)OCc2ccccc2)NC(=O)OCc2ccccc2)ccc1OC(C)C. The van der Waals surface area contributed by atoms with E-state index in [0.717, 1.165) is 11.1 Å². The maximum atomic E-state index is 12.5. The summed E-state index contributed by atoms with van der Waals surface area (Å²) in [7, 11) is 1.52. The second-order valence-electron chi connectivity index (χ2n) is 7.92. The molecule has 0 saturated carbocycles. The lowest BCUT2D eigenvalue weighted by Gasteiger charge is -2.22. The first-order valence-electron chi connectivity index (χ1n) is 11.2. The third-order valence-corrected chi connectivity index (χ3v) is 4.83. The summed E-state index contributed by atoms with van der Waals surface area (Å²) >= 11 is 0. The summed E-state index contributed by atoms with van der Waals surface area (Å²) in [6.45, 7) is 3.99. The third kappa shape index (κ3) is 8.26. The van der Waals surface area contributed by atoms with Gasteiger partial charge in [0, 0.05) is 0 Å². The topological polar surface area (TPSA) is 95.1 Å². The van der Waals surface area contributed by atoms with Crippen LogP contribution in [0.3, 0.4) is 0 Å². The molecule has 2 N–H and O–H groups in total. The summed E-state index contributed by atoms with van der Waals surface area (Å²) in [6.07, 6.45) is -2.40. The zero-order chi connectivity index (χ0) is 25.0. The van der Waals surface area contributed by atoms with Gasteiger partial charge in [-0.2, -0.15) is 0 Å². The lowest BCUT2D eigenvalue weighted by atomic mass is 10.1. The van der Waals surface area contributed by atoms with Crippen LogP contribution in [0.15, 0.2) is 78.9 Å². The van der Waals surface area contributed by atoms with Crippen LogP contribution >= 0.6 is 0 Å². The highest BCUT2D eigenvalue weighted by atomic mass is 16.6. The van der Waals surface area contributed by atoms with Gasteiger partial charge in [0.1, 0.15) is 19.4 Å². The van der Waals surface area contributed by atoms with Crippen molar-refractivity contribution in [2.45, 2.75) is 39.3 Å². The van der Waals surface area contributed by atoms with Crippen LogP contribution in [0.25, 0.3) is 0 Å². The van der Waals surface area contributed by atoms with E-state index in [2.05, 4.69) is 10.6 Å². The van der Waals surface area contributed by atoms with E-state index in [0.29, 0.717) is 17.1 Å². The second kappa shape index (κ2) is 12.9. The van der Waals surface area contributed by atoms with Gasteiger partial charge in [-0.05, 0) is 42.7 Å². The minimum Gasteiger partial charge on any atom is -0.493 e. The lowest BCUT2D eigenvalue weighted by Crippen LogP contribution is -2.41. The summed E-state index contributed by atoms with van der Waals surface area (Å²) in [5.41, 5.74) is 2.23. The van der Waals surface area contributed by atoms with Crippen LogP contribution in [0.4, 0.5) is 9.59 Å². The Kier molecular flexibility index (Phi) is 9.36. The molecule has 3 aromatic rings. The molecular weight excluding hydrogens is 448 g/mol. The van der Waals surface area contributed by atoms with Gasteiger partial charge in [-0.1, -0.05) is 66.7 Å².